The molecular formula is C19H24N2O2. The van der Waals surface area contributed by atoms with Gasteiger partial charge in [-0.3, -0.25) is 9.59 Å². The predicted molar refractivity (Wildman–Crippen MR) is 89.6 cm³/mol. The van der Waals surface area contributed by atoms with Crippen molar-refractivity contribution < 1.29 is 9.59 Å². The summed E-state index contributed by atoms with van der Waals surface area (Å²) in [6.45, 7) is 3.04. The lowest BCUT2D eigenvalue weighted by atomic mass is 9.88. The second-order valence-electron chi connectivity index (χ2n) is 6.33. The van der Waals surface area contributed by atoms with Crippen molar-refractivity contribution >= 4 is 11.8 Å². The summed E-state index contributed by atoms with van der Waals surface area (Å²) in [5.41, 5.74) is 2.34. The number of fused-ring (bicyclic) bond motifs is 1. The SMILES string of the molecule is CCNC(=O)[C@H]1Cc2ccccc2CN1C(=O)[C@H]1CC=CCC1. The van der Waals surface area contributed by atoms with Crippen molar-refractivity contribution in [1.82, 2.24) is 10.2 Å². The van der Waals surface area contributed by atoms with E-state index in [1.54, 1.807) is 4.90 Å². The molecule has 1 aromatic carbocycles. The number of nitrogens with zero attached hydrogens (tertiary/aromatic N) is 1. The fourth-order valence-electron chi connectivity index (χ4n) is 3.53. The summed E-state index contributed by atoms with van der Waals surface area (Å²) >= 11 is 0. The first-order chi connectivity index (χ1) is 11.2. The van der Waals surface area contributed by atoms with Gasteiger partial charge in [-0.2, -0.15) is 0 Å². The second-order valence-corrected chi connectivity index (χ2v) is 6.33. The third kappa shape index (κ3) is 3.31. The number of allylic oxidation sites excluding steroid dienone is 2. The molecule has 0 bridgehead atoms. The van der Waals surface area contributed by atoms with Crippen LogP contribution in [-0.2, 0) is 22.6 Å². The van der Waals surface area contributed by atoms with Crippen molar-refractivity contribution in [2.24, 2.45) is 5.92 Å². The summed E-state index contributed by atoms with van der Waals surface area (Å²) in [6, 6.07) is 7.73. The van der Waals surface area contributed by atoms with Gasteiger partial charge in [-0.05, 0) is 37.3 Å². The highest BCUT2D eigenvalue weighted by molar-refractivity contribution is 5.89. The van der Waals surface area contributed by atoms with Crippen LogP contribution in [0.2, 0.25) is 0 Å². The molecule has 1 aliphatic heterocycles. The molecule has 1 aromatic rings. The minimum atomic E-state index is -0.386. The Kier molecular flexibility index (Phi) is 4.79. The highest BCUT2D eigenvalue weighted by atomic mass is 16.2. The quantitative estimate of drug-likeness (QED) is 0.872. The van der Waals surface area contributed by atoms with Crippen LogP contribution in [0.15, 0.2) is 36.4 Å². The summed E-state index contributed by atoms with van der Waals surface area (Å²) < 4.78 is 0. The van der Waals surface area contributed by atoms with Gasteiger partial charge in [0.25, 0.3) is 0 Å². The van der Waals surface area contributed by atoms with Gasteiger partial charge in [0, 0.05) is 25.4 Å². The van der Waals surface area contributed by atoms with E-state index in [0.29, 0.717) is 19.5 Å². The van der Waals surface area contributed by atoms with Crippen molar-refractivity contribution in [3.05, 3.63) is 47.5 Å². The van der Waals surface area contributed by atoms with Gasteiger partial charge in [-0.25, -0.2) is 0 Å². The van der Waals surface area contributed by atoms with Gasteiger partial charge in [0.15, 0.2) is 0 Å². The van der Waals surface area contributed by atoms with Crippen molar-refractivity contribution in [1.29, 1.82) is 0 Å². The molecular weight excluding hydrogens is 288 g/mol. The van der Waals surface area contributed by atoms with E-state index in [9.17, 15) is 9.59 Å². The van der Waals surface area contributed by atoms with E-state index >= 15 is 0 Å². The van der Waals surface area contributed by atoms with E-state index < -0.39 is 0 Å². The molecule has 23 heavy (non-hydrogen) atoms. The van der Waals surface area contributed by atoms with E-state index in [1.807, 2.05) is 19.1 Å². The number of benzene rings is 1. The van der Waals surface area contributed by atoms with Crippen LogP contribution in [0.1, 0.15) is 37.3 Å². The first-order valence-electron chi connectivity index (χ1n) is 8.50. The molecule has 2 atom stereocenters. The first-order valence-corrected chi connectivity index (χ1v) is 8.50. The fraction of sp³-hybridized carbons (Fsp3) is 0.474. The second kappa shape index (κ2) is 6.99. The smallest absolute Gasteiger partial charge is 0.243 e. The zero-order chi connectivity index (χ0) is 16.2. The molecule has 4 nitrogen and oxygen atoms in total. The van der Waals surface area contributed by atoms with Crippen LogP contribution in [0.3, 0.4) is 0 Å². The van der Waals surface area contributed by atoms with Crippen molar-refractivity contribution in [3.8, 4) is 0 Å². The van der Waals surface area contributed by atoms with E-state index in [2.05, 4.69) is 29.6 Å². The zero-order valence-corrected chi connectivity index (χ0v) is 13.6. The van der Waals surface area contributed by atoms with Gasteiger partial charge in [0.1, 0.15) is 6.04 Å². The molecule has 0 fully saturated rings. The minimum absolute atomic E-state index is 0.0159. The monoisotopic (exact) mass is 312 g/mol. The van der Waals surface area contributed by atoms with Gasteiger partial charge in [-0.15, -0.1) is 0 Å². The van der Waals surface area contributed by atoms with Crippen LogP contribution in [0.5, 0.6) is 0 Å². The van der Waals surface area contributed by atoms with Gasteiger partial charge < -0.3 is 10.2 Å². The van der Waals surface area contributed by atoms with Crippen LogP contribution in [0, 0.1) is 5.92 Å². The average Bonchev–Trinajstić information content (AvgIpc) is 2.61. The highest BCUT2D eigenvalue weighted by Gasteiger charge is 2.36. The standard InChI is InChI=1S/C19H24N2O2/c1-2-20-18(22)17-12-15-10-6-7-11-16(15)13-21(17)19(23)14-8-4-3-5-9-14/h3-4,6-7,10-11,14,17H,2,5,8-9,12-13H2,1H3,(H,20,22)/t14-,17+/m0/s1. The maximum absolute atomic E-state index is 13.0. The van der Waals surface area contributed by atoms with Gasteiger partial charge in [0.05, 0.1) is 0 Å². The van der Waals surface area contributed by atoms with E-state index in [1.165, 1.54) is 5.56 Å². The number of carbonyl (C=O) groups excluding carboxylic acids is 2. The number of rotatable bonds is 3. The molecule has 2 amide bonds. The average molecular weight is 312 g/mol. The Labute approximate surface area is 137 Å². The third-order valence-electron chi connectivity index (χ3n) is 4.80. The zero-order valence-electron chi connectivity index (χ0n) is 13.6. The van der Waals surface area contributed by atoms with Crippen molar-refractivity contribution in [3.63, 3.8) is 0 Å². The Hall–Kier alpha value is -2.10. The third-order valence-corrected chi connectivity index (χ3v) is 4.80. The number of hydrogen-bond donors (Lipinski definition) is 1. The Bertz CT molecular complexity index is 624. The van der Waals surface area contributed by atoms with Gasteiger partial charge in [-0.1, -0.05) is 36.4 Å². The highest BCUT2D eigenvalue weighted by Crippen LogP contribution is 2.28. The lowest BCUT2D eigenvalue weighted by Gasteiger charge is -2.38. The lowest BCUT2D eigenvalue weighted by molar-refractivity contribution is -0.145. The first kappa shape index (κ1) is 15.8. The summed E-state index contributed by atoms with van der Waals surface area (Å²) in [6.07, 6.45) is 7.46. The summed E-state index contributed by atoms with van der Waals surface area (Å²) in [5, 5.41) is 2.89. The molecule has 4 heteroatoms. The molecule has 0 saturated carbocycles. The van der Waals surface area contributed by atoms with Crippen molar-refractivity contribution in [2.75, 3.05) is 6.54 Å². The van der Waals surface area contributed by atoms with Crippen LogP contribution < -0.4 is 5.32 Å². The number of hydrogen-bond acceptors (Lipinski definition) is 2. The van der Waals surface area contributed by atoms with E-state index in [4.69, 9.17) is 0 Å². The van der Waals surface area contributed by atoms with Crippen LogP contribution in [0.4, 0.5) is 0 Å². The largest absolute Gasteiger partial charge is 0.355 e. The maximum atomic E-state index is 13.0. The topological polar surface area (TPSA) is 49.4 Å². The molecule has 1 aliphatic carbocycles. The molecule has 3 rings (SSSR count). The molecule has 1 heterocycles. The van der Waals surface area contributed by atoms with E-state index in [0.717, 1.165) is 24.8 Å². The van der Waals surface area contributed by atoms with Crippen LogP contribution >= 0.6 is 0 Å². The summed E-state index contributed by atoms with van der Waals surface area (Å²) in [5.74, 6) is 0.101. The van der Waals surface area contributed by atoms with Gasteiger partial charge >= 0.3 is 0 Å². The molecule has 0 saturated heterocycles. The normalized spacial score (nSPS) is 23.3. The number of carbonyl (C=O) groups is 2. The minimum Gasteiger partial charge on any atom is -0.355 e. The van der Waals surface area contributed by atoms with Crippen molar-refractivity contribution in [2.45, 2.75) is 45.2 Å². The Morgan fingerprint density at radius 2 is 2.00 bits per heavy atom. The molecule has 0 radical (unpaired) electrons. The van der Waals surface area contributed by atoms with E-state index in [-0.39, 0.29) is 23.8 Å². The molecule has 0 aromatic heterocycles. The molecule has 0 unspecified atom stereocenters. The summed E-state index contributed by atoms with van der Waals surface area (Å²) in [4.78, 5) is 27.3. The summed E-state index contributed by atoms with van der Waals surface area (Å²) in [7, 11) is 0. The number of amides is 2. The molecule has 1 N–H and O–H groups in total. The van der Waals surface area contributed by atoms with Crippen LogP contribution in [0.25, 0.3) is 0 Å². The van der Waals surface area contributed by atoms with Gasteiger partial charge in [0.2, 0.25) is 11.8 Å². The molecule has 0 spiro atoms. The van der Waals surface area contributed by atoms with Crippen LogP contribution in [-0.4, -0.2) is 29.3 Å². The number of nitrogens with one attached hydrogen (secondary N) is 1. The lowest BCUT2D eigenvalue weighted by Crippen LogP contribution is -2.54. The Balaban J connectivity index is 1.86. The fourth-order valence-corrected chi connectivity index (χ4v) is 3.53. The maximum Gasteiger partial charge on any atom is 0.243 e. The number of likely N-dealkylation sites (N-methyl/N-ethyl adjacent to an activating group) is 1. The molecule has 2 aliphatic rings. The Morgan fingerprint density at radius 1 is 1.22 bits per heavy atom. The Morgan fingerprint density at radius 3 is 2.70 bits per heavy atom. The molecule has 122 valence electrons. The predicted octanol–water partition coefficient (Wildman–Crippen LogP) is 2.43.